The molecule has 1 heterocycles. The molecule has 0 aliphatic carbocycles. The van der Waals surface area contributed by atoms with Crippen LogP contribution in [-0.2, 0) is 0 Å². The summed E-state index contributed by atoms with van der Waals surface area (Å²) in [5, 5.41) is 9.04. The Hall–Kier alpha value is -1.14. The number of hydrogen-bond acceptors (Lipinski definition) is 3. The number of fused-ring (bicyclic) bond motifs is 1. The van der Waals surface area contributed by atoms with E-state index in [-0.39, 0.29) is 11.3 Å². The SMILES string of the molecule is CC1C(C#N)Sc2ccccc2N1C. The Balaban J connectivity index is 2.43. The summed E-state index contributed by atoms with van der Waals surface area (Å²) in [6.45, 7) is 2.09. The van der Waals surface area contributed by atoms with Gasteiger partial charge in [-0.05, 0) is 19.1 Å². The molecular weight excluding hydrogens is 192 g/mol. The lowest BCUT2D eigenvalue weighted by molar-refractivity contribution is 0.698. The maximum absolute atomic E-state index is 9.01. The van der Waals surface area contributed by atoms with Crippen LogP contribution in [0.2, 0.25) is 0 Å². The van der Waals surface area contributed by atoms with Crippen molar-refractivity contribution in [1.29, 1.82) is 5.26 Å². The largest absolute Gasteiger partial charge is 0.369 e. The molecule has 2 unspecified atom stereocenters. The summed E-state index contributed by atoms with van der Waals surface area (Å²) in [6, 6.07) is 10.9. The minimum atomic E-state index is 0.0369. The Labute approximate surface area is 88.5 Å². The second kappa shape index (κ2) is 3.55. The van der Waals surface area contributed by atoms with Crippen molar-refractivity contribution in [3.8, 4) is 6.07 Å². The fourth-order valence-electron chi connectivity index (χ4n) is 1.64. The van der Waals surface area contributed by atoms with Crippen LogP contribution in [0.25, 0.3) is 0 Å². The Morgan fingerprint density at radius 1 is 1.43 bits per heavy atom. The molecule has 2 nitrogen and oxygen atoms in total. The summed E-state index contributed by atoms with van der Waals surface area (Å²) >= 11 is 1.67. The second-order valence-corrected chi connectivity index (χ2v) is 4.67. The molecule has 0 bridgehead atoms. The molecule has 0 saturated carbocycles. The van der Waals surface area contributed by atoms with Crippen LogP contribution in [0.3, 0.4) is 0 Å². The van der Waals surface area contributed by atoms with Gasteiger partial charge in [-0.2, -0.15) is 5.26 Å². The van der Waals surface area contributed by atoms with Gasteiger partial charge in [-0.3, -0.25) is 0 Å². The molecule has 0 radical (unpaired) electrons. The van der Waals surface area contributed by atoms with Crippen molar-refractivity contribution in [2.24, 2.45) is 0 Å². The van der Waals surface area contributed by atoms with Crippen molar-refractivity contribution in [2.45, 2.75) is 23.1 Å². The van der Waals surface area contributed by atoms with Gasteiger partial charge in [-0.1, -0.05) is 12.1 Å². The van der Waals surface area contributed by atoms with Gasteiger partial charge in [0.25, 0.3) is 0 Å². The molecule has 0 spiro atoms. The summed E-state index contributed by atoms with van der Waals surface area (Å²) in [6.07, 6.45) is 0. The number of nitrogens with zero attached hydrogens (tertiary/aromatic N) is 2. The number of benzene rings is 1. The van der Waals surface area contributed by atoms with E-state index in [2.05, 4.69) is 30.0 Å². The van der Waals surface area contributed by atoms with Gasteiger partial charge in [0, 0.05) is 11.9 Å². The van der Waals surface area contributed by atoms with Crippen molar-refractivity contribution >= 4 is 17.4 Å². The molecule has 0 aromatic heterocycles. The topological polar surface area (TPSA) is 27.0 Å². The van der Waals surface area contributed by atoms with Crippen molar-refractivity contribution in [3.05, 3.63) is 24.3 Å². The van der Waals surface area contributed by atoms with Gasteiger partial charge >= 0.3 is 0 Å². The highest BCUT2D eigenvalue weighted by Gasteiger charge is 2.29. The van der Waals surface area contributed by atoms with Crippen LogP contribution >= 0.6 is 11.8 Å². The van der Waals surface area contributed by atoms with Crippen molar-refractivity contribution in [1.82, 2.24) is 0 Å². The first-order valence-electron chi connectivity index (χ1n) is 4.62. The molecule has 0 fully saturated rings. The van der Waals surface area contributed by atoms with Crippen LogP contribution in [0.1, 0.15) is 6.92 Å². The molecule has 1 aliphatic rings. The molecule has 0 N–H and O–H groups in total. The van der Waals surface area contributed by atoms with E-state index in [1.54, 1.807) is 11.8 Å². The summed E-state index contributed by atoms with van der Waals surface area (Å²) in [5.74, 6) is 0. The van der Waals surface area contributed by atoms with Gasteiger partial charge in [0.05, 0.1) is 17.8 Å². The molecule has 1 aromatic carbocycles. The molecule has 2 rings (SSSR count). The number of thioether (sulfide) groups is 1. The average molecular weight is 204 g/mol. The van der Waals surface area contributed by atoms with Crippen molar-refractivity contribution in [3.63, 3.8) is 0 Å². The van der Waals surface area contributed by atoms with Crippen LogP contribution in [0.4, 0.5) is 5.69 Å². The van der Waals surface area contributed by atoms with Crippen LogP contribution in [0.15, 0.2) is 29.2 Å². The molecule has 1 aliphatic heterocycles. The number of nitriles is 1. The summed E-state index contributed by atoms with van der Waals surface area (Å²) in [4.78, 5) is 3.39. The highest BCUT2D eigenvalue weighted by molar-refractivity contribution is 8.00. The lowest BCUT2D eigenvalue weighted by Gasteiger charge is -2.36. The number of hydrogen-bond donors (Lipinski definition) is 0. The van der Waals surface area contributed by atoms with E-state index in [0.29, 0.717) is 0 Å². The highest BCUT2D eigenvalue weighted by atomic mass is 32.2. The predicted octanol–water partition coefficient (Wildman–Crippen LogP) is 2.51. The molecule has 3 heteroatoms. The van der Waals surface area contributed by atoms with Gasteiger partial charge in [0.2, 0.25) is 0 Å². The third-order valence-electron chi connectivity index (χ3n) is 2.68. The minimum Gasteiger partial charge on any atom is -0.369 e. The van der Waals surface area contributed by atoms with Gasteiger partial charge in [-0.25, -0.2) is 0 Å². The van der Waals surface area contributed by atoms with E-state index in [1.165, 1.54) is 10.6 Å². The summed E-state index contributed by atoms with van der Waals surface area (Å²) < 4.78 is 0. The first-order chi connectivity index (χ1) is 6.74. The third kappa shape index (κ3) is 1.36. The maximum atomic E-state index is 9.01. The molecule has 1 aromatic rings. The Kier molecular flexibility index (Phi) is 2.39. The van der Waals surface area contributed by atoms with Crippen LogP contribution in [-0.4, -0.2) is 18.3 Å². The predicted molar refractivity (Wildman–Crippen MR) is 59.6 cm³/mol. The van der Waals surface area contributed by atoms with Gasteiger partial charge in [0.15, 0.2) is 0 Å². The molecule has 2 atom stereocenters. The minimum absolute atomic E-state index is 0.0369. The van der Waals surface area contributed by atoms with E-state index >= 15 is 0 Å². The maximum Gasteiger partial charge on any atom is 0.116 e. The second-order valence-electron chi connectivity index (χ2n) is 3.49. The number of rotatable bonds is 0. The van der Waals surface area contributed by atoms with Crippen molar-refractivity contribution < 1.29 is 0 Å². The quantitative estimate of drug-likeness (QED) is 0.649. The third-order valence-corrected chi connectivity index (χ3v) is 4.03. The smallest absolute Gasteiger partial charge is 0.116 e. The van der Waals surface area contributed by atoms with E-state index < -0.39 is 0 Å². The van der Waals surface area contributed by atoms with Crippen LogP contribution < -0.4 is 4.90 Å². The summed E-state index contributed by atoms with van der Waals surface area (Å²) in [5.41, 5.74) is 1.23. The lowest BCUT2D eigenvalue weighted by atomic mass is 10.2. The fraction of sp³-hybridized carbons (Fsp3) is 0.364. The molecular formula is C11H12N2S. The van der Waals surface area contributed by atoms with E-state index in [4.69, 9.17) is 5.26 Å². The highest BCUT2D eigenvalue weighted by Crippen LogP contribution is 2.40. The first kappa shape index (κ1) is 9.42. The lowest BCUT2D eigenvalue weighted by Crippen LogP contribution is -2.39. The van der Waals surface area contributed by atoms with Gasteiger partial charge < -0.3 is 4.90 Å². The van der Waals surface area contributed by atoms with E-state index in [0.717, 1.165) is 0 Å². The van der Waals surface area contributed by atoms with Gasteiger partial charge in [0.1, 0.15) is 5.25 Å². The van der Waals surface area contributed by atoms with Gasteiger partial charge in [-0.15, -0.1) is 11.8 Å². The zero-order chi connectivity index (χ0) is 10.1. The van der Waals surface area contributed by atoms with E-state index in [1.807, 2.05) is 19.2 Å². The molecule has 14 heavy (non-hydrogen) atoms. The zero-order valence-corrected chi connectivity index (χ0v) is 9.08. The van der Waals surface area contributed by atoms with E-state index in [9.17, 15) is 0 Å². The number of para-hydroxylation sites is 1. The van der Waals surface area contributed by atoms with Crippen LogP contribution in [0, 0.1) is 11.3 Å². The molecule has 72 valence electrons. The number of anilines is 1. The Bertz CT molecular complexity index is 383. The summed E-state index contributed by atoms with van der Waals surface area (Å²) in [7, 11) is 2.05. The molecule has 0 amide bonds. The average Bonchev–Trinajstić information content (AvgIpc) is 2.23. The standard InChI is InChI=1S/C11H12N2S/c1-8-11(7-12)14-10-6-4-3-5-9(10)13(8)2/h3-6,8,11H,1-2H3. The zero-order valence-electron chi connectivity index (χ0n) is 8.27. The van der Waals surface area contributed by atoms with Crippen LogP contribution in [0.5, 0.6) is 0 Å². The Morgan fingerprint density at radius 2 is 2.14 bits per heavy atom. The fourth-order valence-corrected chi connectivity index (χ4v) is 2.84. The first-order valence-corrected chi connectivity index (χ1v) is 5.50. The normalized spacial score (nSPS) is 25.4. The molecule has 0 saturated heterocycles. The monoisotopic (exact) mass is 204 g/mol. The van der Waals surface area contributed by atoms with Crippen molar-refractivity contribution in [2.75, 3.05) is 11.9 Å². The Morgan fingerprint density at radius 3 is 2.86 bits per heavy atom.